The minimum absolute atomic E-state index is 0.650. The van der Waals surface area contributed by atoms with E-state index in [-0.39, 0.29) is 0 Å². The molecule has 1 N–H and O–H groups in total. The Morgan fingerprint density at radius 1 is 0.422 bits per heavy atom. The lowest BCUT2D eigenvalue weighted by Crippen LogP contribution is -2.31. The van der Waals surface area contributed by atoms with Crippen molar-refractivity contribution in [2.24, 2.45) is 0 Å². The van der Waals surface area contributed by atoms with Gasteiger partial charge in [-0.2, -0.15) is 4.57 Å². The lowest BCUT2D eigenvalue weighted by atomic mass is 9.93. The van der Waals surface area contributed by atoms with Crippen LogP contribution >= 0.6 is 0 Å². The molecule has 12 rings (SSSR count). The highest BCUT2D eigenvalue weighted by atomic mass is 15.1. The molecule has 0 bridgehead atoms. The maximum Gasteiger partial charge on any atom is 0.292 e. The van der Waals surface area contributed by atoms with E-state index in [9.17, 15) is 0 Å². The zero-order valence-corrected chi connectivity index (χ0v) is 34.7. The highest BCUT2D eigenvalue weighted by Gasteiger charge is 2.23. The molecular weight excluding hydrogens is 781 g/mol. The van der Waals surface area contributed by atoms with Gasteiger partial charge >= 0.3 is 0 Å². The molecule has 0 unspecified atom stereocenters. The number of fused-ring (bicyclic) bond motifs is 3. The second kappa shape index (κ2) is 15.6. The summed E-state index contributed by atoms with van der Waals surface area (Å²) < 4.78 is 4.52. The molecule has 6 heteroatoms. The summed E-state index contributed by atoms with van der Waals surface area (Å²) in [6.45, 7) is 0. The molecule has 0 aliphatic heterocycles. The van der Waals surface area contributed by atoms with Gasteiger partial charge in [-0.15, -0.1) is 0 Å². The summed E-state index contributed by atoms with van der Waals surface area (Å²) in [7, 11) is 0. The van der Waals surface area contributed by atoms with Crippen molar-refractivity contribution >= 4 is 33.0 Å². The van der Waals surface area contributed by atoms with Crippen LogP contribution in [0.15, 0.2) is 231 Å². The number of nitrogens with zero attached hydrogens (tertiary/aromatic N) is 5. The number of hydrogen-bond acceptors (Lipinski definition) is 3. The number of aromatic amines is 1. The monoisotopic (exact) mass is 819 g/mol. The molecule has 3 heterocycles. The Balaban J connectivity index is 1.04. The number of aromatic nitrogens is 6. The average Bonchev–Trinajstić information content (AvgIpc) is 3.97. The number of hydrogen-bond donors (Lipinski definition) is 1. The van der Waals surface area contributed by atoms with E-state index >= 15 is 0 Å². The lowest BCUT2D eigenvalue weighted by Gasteiger charge is -2.16. The van der Waals surface area contributed by atoms with E-state index in [0.29, 0.717) is 5.82 Å². The molecular formula is C58H39N6+. The van der Waals surface area contributed by atoms with E-state index in [1.165, 1.54) is 0 Å². The number of H-pyrrole nitrogens is 1. The van der Waals surface area contributed by atoms with Crippen LogP contribution in [0.2, 0.25) is 0 Å². The zero-order chi connectivity index (χ0) is 42.4. The first kappa shape index (κ1) is 37.1. The zero-order valence-electron chi connectivity index (χ0n) is 34.7. The van der Waals surface area contributed by atoms with Crippen LogP contribution in [-0.2, 0) is 0 Å². The molecule has 0 radical (unpaired) electrons. The van der Waals surface area contributed by atoms with Crippen molar-refractivity contribution in [3.63, 3.8) is 0 Å². The smallest absolute Gasteiger partial charge is 0.292 e. The summed E-state index contributed by atoms with van der Waals surface area (Å²) in [6, 6.07) is 80.6. The number of nitrogens with one attached hydrogen (secondary N) is 1. The predicted molar refractivity (Wildman–Crippen MR) is 260 cm³/mol. The van der Waals surface area contributed by atoms with E-state index in [1.807, 2.05) is 12.1 Å². The summed E-state index contributed by atoms with van der Waals surface area (Å²) in [5.74, 6) is 2.53. The fourth-order valence-electron chi connectivity index (χ4n) is 8.95. The first-order valence-electron chi connectivity index (χ1n) is 21.5. The van der Waals surface area contributed by atoms with Crippen LogP contribution in [0.25, 0.3) is 112 Å². The molecule has 0 aliphatic rings. The van der Waals surface area contributed by atoms with Gasteiger partial charge in [0.15, 0.2) is 16.9 Å². The Hall–Kier alpha value is -8.74. The van der Waals surface area contributed by atoms with Crippen molar-refractivity contribution in [1.29, 1.82) is 0 Å². The van der Waals surface area contributed by atoms with E-state index in [2.05, 4.69) is 233 Å². The number of benzene rings is 9. The van der Waals surface area contributed by atoms with Gasteiger partial charge < -0.3 is 0 Å². The number of imidazole rings is 2. The van der Waals surface area contributed by atoms with Gasteiger partial charge in [0.1, 0.15) is 11.5 Å². The second-order valence-electron chi connectivity index (χ2n) is 16.0. The molecule has 0 aliphatic carbocycles. The van der Waals surface area contributed by atoms with Crippen LogP contribution in [0, 0.1) is 0 Å². The molecule has 0 saturated heterocycles. The van der Waals surface area contributed by atoms with Crippen molar-refractivity contribution in [1.82, 2.24) is 24.5 Å². The van der Waals surface area contributed by atoms with Gasteiger partial charge in [0.25, 0.3) is 5.82 Å². The minimum atomic E-state index is 0.650. The second-order valence-corrected chi connectivity index (χ2v) is 16.0. The van der Waals surface area contributed by atoms with Gasteiger partial charge in [-0.25, -0.2) is 19.9 Å². The van der Waals surface area contributed by atoms with Gasteiger partial charge in [0.2, 0.25) is 0 Å². The predicted octanol–water partition coefficient (Wildman–Crippen LogP) is 13.7. The molecule has 3 aromatic heterocycles. The average molecular weight is 820 g/mol. The van der Waals surface area contributed by atoms with E-state index in [0.717, 1.165) is 106 Å². The Labute approximate surface area is 370 Å². The third kappa shape index (κ3) is 6.53. The third-order valence-corrected chi connectivity index (χ3v) is 12.0. The van der Waals surface area contributed by atoms with Crippen LogP contribution in [-0.4, -0.2) is 24.5 Å². The fraction of sp³-hybridized carbons (Fsp3) is 0. The lowest BCUT2D eigenvalue weighted by molar-refractivity contribution is -0.554. The van der Waals surface area contributed by atoms with Gasteiger partial charge in [-0.05, 0) is 89.5 Å². The van der Waals surface area contributed by atoms with Gasteiger partial charge in [0.05, 0.1) is 27.8 Å². The largest absolute Gasteiger partial charge is 0.292 e. The van der Waals surface area contributed by atoms with Crippen LogP contribution in [0.5, 0.6) is 0 Å². The summed E-state index contributed by atoms with van der Waals surface area (Å²) in [4.78, 5) is 19.8. The molecule has 0 atom stereocenters. The topological polar surface area (TPSA) is 63.3 Å². The quantitative estimate of drug-likeness (QED) is 0.155. The van der Waals surface area contributed by atoms with E-state index in [4.69, 9.17) is 15.0 Å². The molecule has 12 aromatic rings. The van der Waals surface area contributed by atoms with Crippen LogP contribution in [0.1, 0.15) is 0 Å². The summed E-state index contributed by atoms with van der Waals surface area (Å²) in [5, 5.41) is 0.981. The first-order chi connectivity index (χ1) is 31.7. The normalized spacial score (nSPS) is 11.4. The minimum Gasteiger partial charge on any atom is -0.292 e. The van der Waals surface area contributed by atoms with Gasteiger partial charge in [-0.1, -0.05) is 158 Å². The third-order valence-electron chi connectivity index (χ3n) is 12.0. The Bertz CT molecular complexity index is 3620. The van der Waals surface area contributed by atoms with Crippen LogP contribution in [0.3, 0.4) is 0 Å². The summed E-state index contributed by atoms with van der Waals surface area (Å²) in [5.41, 5.74) is 16.5. The molecule has 6 nitrogen and oxygen atoms in total. The SMILES string of the molecule is c1ccc(-c2cc(-c3ccccc3)c3nc(-c4ccc(-c5nc6ccccc6n5-c5ccccc5)cc4)nc(-c4ccc(-c5[nH]c6ccccc6[n+]5-c5ccccc5)cc4)c3c2)cc1. The Morgan fingerprint density at radius 3 is 1.77 bits per heavy atom. The van der Waals surface area contributed by atoms with Gasteiger partial charge in [0, 0.05) is 33.3 Å². The van der Waals surface area contributed by atoms with Crippen molar-refractivity contribution in [2.75, 3.05) is 0 Å². The fourth-order valence-corrected chi connectivity index (χ4v) is 8.95. The standard InChI is InChI=1S/C58H38N6/c1-5-17-39(18-6-1)45-37-48(40-19-7-2-8-20-40)55-49(38-45)54(41-29-33-43(34-30-41)57-59-50-25-13-15-27-52(50)63(57)46-21-9-3-10-22-46)61-56(62-55)42-31-35-44(36-32-42)58-60-51-26-14-16-28-53(51)64(58)47-23-11-4-12-24-47/h1-38H/p+1. The molecule has 64 heavy (non-hydrogen) atoms. The van der Waals surface area contributed by atoms with E-state index in [1.54, 1.807) is 0 Å². The van der Waals surface area contributed by atoms with Crippen molar-refractivity contribution in [3.8, 4) is 79.0 Å². The van der Waals surface area contributed by atoms with Crippen LogP contribution < -0.4 is 4.57 Å². The summed E-state index contributed by atoms with van der Waals surface area (Å²) >= 11 is 0. The summed E-state index contributed by atoms with van der Waals surface area (Å²) in [6.07, 6.45) is 0. The molecule has 0 saturated carbocycles. The van der Waals surface area contributed by atoms with Gasteiger partial charge in [-0.3, -0.25) is 4.57 Å². The molecule has 0 fully saturated rings. The molecule has 0 amide bonds. The molecule has 9 aromatic carbocycles. The van der Waals surface area contributed by atoms with Crippen molar-refractivity contribution < 1.29 is 4.57 Å². The Morgan fingerprint density at radius 2 is 1.02 bits per heavy atom. The molecule has 0 spiro atoms. The maximum absolute atomic E-state index is 5.47. The van der Waals surface area contributed by atoms with Crippen molar-refractivity contribution in [3.05, 3.63) is 231 Å². The Kier molecular flexibility index (Phi) is 9.05. The first-order valence-corrected chi connectivity index (χ1v) is 21.5. The number of rotatable bonds is 8. The molecule has 300 valence electrons. The number of para-hydroxylation sites is 6. The highest BCUT2D eigenvalue weighted by molar-refractivity contribution is 6.04. The van der Waals surface area contributed by atoms with E-state index < -0.39 is 0 Å². The van der Waals surface area contributed by atoms with Crippen molar-refractivity contribution in [2.45, 2.75) is 0 Å². The van der Waals surface area contributed by atoms with Crippen LogP contribution in [0.4, 0.5) is 0 Å². The highest BCUT2D eigenvalue weighted by Crippen LogP contribution is 2.39. The maximum atomic E-state index is 5.47.